The first-order chi connectivity index (χ1) is 13.6. The maximum atomic E-state index is 12.6. The van der Waals surface area contributed by atoms with E-state index in [-0.39, 0.29) is 11.3 Å². The number of ether oxygens (including phenoxy) is 1. The highest BCUT2D eigenvalue weighted by atomic mass is 16.5. The van der Waals surface area contributed by atoms with Gasteiger partial charge in [0.25, 0.3) is 11.5 Å². The highest BCUT2D eigenvalue weighted by Crippen LogP contribution is 2.24. The Bertz CT molecular complexity index is 1210. The van der Waals surface area contributed by atoms with Gasteiger partial charge in [0.2, 0.25) is 0 Å². The number of hydrogen-bond donors (Lipinski definition) is 2. The Morgan fingerprint density at radius 3 is 2.43 bits per heavy atom. The standard InChI is InChI=1S/C22H17N3O3/c1-14-5-4-6-17(13-14)28-16-11-9-15(10-12-16)23-22(27)20-18-7-2-3-8-19(18)21(26)25-24-20/h2-13H,1H3,(H,23,27)(H,25,26). The van der Waals surface area contributed by atoms with Crippen LogP contribution in [-0.4, -0.2) is 16.1 Å². The molecule has 1 heterocycles. The van der Waals surface area contributed by atoms with Crippen LogP contribution < -0.4 is 15.6 Å². The molecule has 0 fully saturated rings. The first-order valence-corrected chi connectivity index (χ1v) is 8.73. The Hall–Kier alpha value is -3.93. The molecule has 0 aliphatic rings. The zero-order valence-electron chi connectivity index (χ0n) is 15.1. The van der Waals surface area contributed by atoms with Gasteiger partial charge in [0.15, 0.2) is 5.69 Å². The zero-order valence-corrected chi connectivity index (χ0v) is 15.1. The van der Waals surface area contributed by atoms with Crippen LogP contribution in [0.25, 0.3) is 10.8 Å². The van der Waals surface area contributed by atoms with E-state index in [2.05, 4.69) is 15.5 Å². The van der Waals surface area contributed by atoms with Crippen LogP contribution in [0.3, 0.4) is 0 Å². The first-order valence-electron chi connectivity index (χ1n) is 8.73. The zero-order chi connectivity index (χ0) is 19.5. The van der Waals surface area contributed by atoms with Gasteiger partial charge in [-0.05, 0) is 55.0 Å². The van der Waals surface area contributed by atoms with Gasteiger partial charge in [-0.1, -0.05) is 30.3 Å². The second-order valence-corrected chi connectivity index (χ2v) is 6.34. The van der Waals surface area contributed by atoms with E-state index < -0.39 is 5.91 Å². The number of rotatable bonds is 4. The maximum Gasteiger partial charge on any atom is 0.276 e. The summed E-state index contributed by atoms with van der Waals surface area (Å²) in [6.45, 7) is 2.00. The fourth-order valence-corrected chi connectivity index (χ4v) is 2.90. The number of amides is 1. The van der Waals surface area contributed by atoms with Crippen LogP contribution in [0, 0.1) is 6.92 Å². The minimum absolute atomic E-state index is 0.162. The summed E-state index contributed by atoms with van der Waals surface area (Å²) in [6, 6.07) is 21.7. The topological polar surface area (TPSA) is 84.1 Å². The largest absolute Gasteiger partial charge is 0.457 e. The van der Waals surface area contributed by atoms with Gasteiger partial charge in [0.05, 0.1) is 5.39 Å². The lowest BCUT2D eigenvalue weighted by molar-refractivity contribution is 0.102. The molecule has 0 radical (unpaired) electrons. The summed E-state index contributed by atoms with van der Waals surface area (Å²) in [5.74, 6) is 1.01. The quantitative estimate of drug-likeness (QED) is 0.561. The Morgan fingerprint density at radius 2 is 1.68 bits per heavy atom. The fourth-order valence-electron chi connectivity index (χ4n) is 2.90. The molecule has 0 aliphatic heterocycles. The molecular formula is C22H17N3O3. The Labute approximate surface area is 160 Å². The van der Waals surface area contributed by atoms with E-state index in [0.717, 1.165) is 11.3 Å². The van der Waals surface area contributed by atoms with Crippen LogP contribution in [0.1, 0.15) is 16.1 Å². The number of aromatic nitrogens is 2. The monoisotopic (exact) mass is 371 g/mol. The van der Waals surface area contributed by atoms with Gasteiger partial charge < -0.3 is 10.1 Å². The van der Waals surface area contributed by atoms with Crippen molar-refractivity contribution in [3.63, 3.8) is 0 Å². The second kappa shape index (κ2) is 7.36. The molecule has 0 unspecified atom stereocenters. The fraction of sp³-hybridized carbons (Fsp3) is 0.0455. The molecule has 138 valence electrons. The summed E-state index contributed by atoms with van der Waals surface area (Å²) in [6.07, 6.45) is 0. The summed E-state index contributed by atoms with van der Waals surface area (Å²) < 4.78 is 5.81. The second-order valence-electron chi connectivity index (χ2n) is 6.34. The lowest BCUT2D eigenvalue weighted by Crippen LogP contribution is -2.19. The number of H-pyrrole nitrogens is 1. The number of hydrogen-bond acceptors (Lipinski definition) is 4. The number of carbonyl (C=O) groups excluding carboxylic acids is 1. The van der Waals surface area contributed by atoms with Crippen molar-refractivity contribution in [3.8, 4) is 11.5 Å². The van der Waals surface area contributed by atoms with Crippen molar-refractivity contribution in [1.29, 1.82) is 0 Å². The highest BCUT2D eigenvalue weighted by Gasteiger charge is 2.14. The molecule has 0 atom stereocenters. The molecule has 2 N–H and O–H groups in total. The van der Waals surface area contributed by atoms with Gasteiger partial charge in [-0.15, -0.1) is 0 Å². The molecule has 4 rings (SSSR count). The van der Waals surface area contributed by atoms with E-state index in [0.29, 0.717) is 22.2 Å². The van der Waals surface area contributed by atoms with Gasteiger partial charge in [-0.2, -0.15) is 5.10 Å². The number of aryl methyl sites for hydroxylation is 1. The SMILES string of the molecule is Cc1cccc(Oc2ccc(NC(=O)c3n[nH]c(=O)c4ccccc34)cc2)c1. The number of aromatic amines is 1. The molecular weight excluding hydrogens is 354 g/mol. The van der Waals surface area contributed by atoms with Crippen LogP contribution in [0.5, 0.6) is 11.5 Å². The van der Waals surface area contributed by atoms with Crippen molar-refractivity contribution in [1.82, 2.24) is 10.2 Å². The van der Waals surface area contributed by atoms with E-state index in [1.165, 1.54) is 0 Å². The summed E-state index contributed by atoms with van der Waals surface area (Å²) in [5, 5.41) is 9.99. The molecule has 1 amide bonds. The molecule has 0 saturated carbocycles. The predicted molar refractivity (Wildman–Crippen MR) is 108 cm³/mol. The molecule has 3 aromatic carbocycles. The van der Waals surface area contributed by atoms with E-state index in [1.54, 1.807) is 48.5 Å². The van der Waals surface area contributed by atoms with Crippen molar-refractivity contribution in [3.05, 3.63) is 94.4 Å². The third-order valence-electron chi connectivity index (χ3n) is 4.25. The van der Waals surface area contributed by atoms with Crippen LogP contribution in [0.2, 0.25) is 0 Å². The predicted octanol–water partition coefficient (Wildman–Crippen LogP) is 4.28. The molecule has 1 aromatic heterocycles. The van der Waals surface area contributed by atoms with E-state index in [9.17, 15) is 9.59 Å². The molecule has 6 heteroatoms. The average Bonchev–Trinajstić information content (AvgIpc) is 2.70. The van der Waals surface area contributed by atoms with Gasteiger partial charge in [-0.25, -0.2) is 5.10 Å². The molecule has 0 saturated heterocycles. The maximum absolute atomic E-state index is 12.6. The van der Waals surface area contributed by atoms with E-state index >= 15 is 0 Å². The van der Waals surface area contributed by atoms with Gasteiger partial charge in [0.1, 0.15) is 11.5 Å². The summed E-state index contributed by atoms with van der Waals surface area (Å²) in [4.78, 5) is 24.5. The van der Waals surface area contributed by atoms with Crippen LogP contribution in [0.15, 0.2) is 77.6 Å². The minimum Gasteiger partial charge on any atom is -0.457 e. The summed E-state index contributed by atoms with van der Waals surface area (Å²) >= 11 is 0. The molecule has 0 spiro atoms. The van der Waals surface area contributed by atoms with Crippen molar-refractivity contribution >= 4 is 22.4 Å². The Balaban J connectivity index is 1.53. The lowest BCUT2D eigenvalue weighted by atomic mass is 10.1. The normalized spacial score (nSPS) is 10.6. The van der Waals surface area contributed by atoms with Gasteiger partial charge in [-0.3, -0.25) is 9.59 Å². The average molecular weight is 371 g/mol. The third-order valence-corrected chi connectivity index (χ3v) is 4.25. The highest BCUT2D eigenvalue weighted by molar-refractivity contribution is 6.11. The van der Waals surface area contributed by atoms with Crippen LogP contribution in [-0.2, 0) is 0 Å². The first kappa shape index (κ1) is 17.5. The Kier molecular flexibility index (Phi) is 4.60. The van der Waals surface area contributed by atoms with Gasteiger partial charge in [0, 0.05) is 11.1 Å². The molecule has 0 aliphatic carbocycles. The van der Waals surface area contributed by atoms with Crippen molar-refractivity contribution < 1.29 is 9.53 Å². The minimum atomic E-state index is -0.403. The smallest absolute Gasteiger partial charge is 0.276 e. The van der Waals surface area contributed by atoms with Crippen molar-refractivity contribution in [2.24, 2.45) is 0 Å². The third kappa shape index (κ3) is 3.61. The number of nitrogens with one attached hydrogen (secondary N) is 2. The summed E-state index contributed by atoms with van der Waals surface area (Å²) in [5.41, 5.74) is 1.54. The summed E-state index contributed by atoms with van der Waals surface area (Å²) in [7, 11) is 0. The number of benzene rings is 3. The van der Waals surface area contributed by atoms with E-state index in [4.69, 9.17) is 4.74 Å². The number of anilines is 1. The number of fused-ring (bicyclic) bond motifs is 1. The lowest BCUT2D eigenvalue weighted by Gasteiger charge is -2.09. The van der Waals surface area contributed by atoms with E-state index in [1.807, 2.05) is 31.2 Å². The number of nitrogens with zero attached hydrogens (tertiary/aromatic N) is 1. The molecule has 4 aromatic rings. The van der Waals surface area contributed by atoms with Gasteiger partial charge >= 0.3 is 0 Å². The molecule has 28 heavy (non-hydrogen) atoms. The van der Waals surface area contributed by atoms with Crippen molar-refractivity contribution in [2.75, 3.05) is 5.32 Å². The molecule has 6 nitrogen and oxygen atoms in total. The van der Waals surface area contributed by atoms with Crippen LogP contribution in [0.4, 0.5) is 5.69 Å². The molecule has 0 bridgehead atoms. The van der Waals surface area contributed by atoms with Crippen LogP contribution >= 0.6 is 0 Å². The Morgan fingerprint density at radius 1 is 0.929 bits per heavy atom. The van der Waals surface area contributed by atoms with Crippen molar-refractivity contribution in [2.45, 2.75) is 6.92 Å². The number of carbonyl (C=O) groups is 1.